The number of halogens is 5. The van der Waals surface area contributed by atoms with Gasteiger partial charge in [-0.25, -0.2) is 23.0 Å². The topological polar surface area (TPSA) is 458 Å². The van der Waals surface area contributed by atoms with Crippen molar-refractivity contribution < 1.29 is 115 Å². The number of pyridine rings is 2. The maximum absolute atomic E-state index is 15.1. The molecule has 38 heteroatoms. The summed E-state index contributed by atoms with van der Waals surface area (Å²) in [5, 5.41) is 42.2. The van der Waals surface area contributed by atoms with E-state index in [0.717, 1.165) is 88.7 Å². The number of nitrogens with zero attached hydrogens (tertiary/aromatic N) is 6. The summed E-state index contributed by atoms with van der Waals surface area (Å²) in [6, 6.07) is 45.4. The number of carbonyl (C=O) groups excluding carboxylic acids is 5. The number of carbonyl (C=O) groups is 10. The fourth-order valence-corrected chi connectivity index (χ4v) is 15.5. The smallest absolute Gasteiger partial charge is 0.321 e. The Morgan fingerprint density at radius 2 is 0.759 bits per heavy atom. The molecule has 6 aromatic heterocycles. The van der Waals surface area contributed by atoms with E-state index in [1.165, 1.54) is 65.3 Å². The van der Waals surface area contributed by atoms with E-state index in [-0.39, 0.29) is 73.2 Å². The van der Waals surface area contributed by atoms with Crippen LogP contribution in [0.5, 0.6) is 40.2 Å². The van der Waals surface area contributed by atoms with Gasteiger partial charge in [0.05, 0.1) is 81.0 Å². The van der Waals surface area contributed by atoms with Crippen molar-refractivity contribution in [1.29, 1.82) is 0 Å². The van der Waals surface area contributed by atoms with E-state index in [1.807, 2.05) is 91.1 Å². The fraction of sp³-hybridized carbons (Fsp3) is 0.305. The quantitative estimate of drug-likeness (QED) is 0.0143. The van der Waals surface area contributed by atoms with Gasteiger partial charge in [0.25, 0.3) is 0 Å². The summed E-state index contributed by atoms with van der Waals surface area (Å²) < 4.78 is 75.4. The molecule has 5 saturated carbocycles. The van der Waals surface area contributed by atoms with Crippen molar-refractivity contribution in [3.8, 4) is 61.4 Å². The summed E-state index contributed by atoms with van der Waals surface area (Å²) >= 11 is 7.99. The van der Waals surface area contributed by atoms with E-state index in [0.29, 0.717) is 79.9 Å². The van der Waals surface area contributed by atoms with Gasteiger partial charge >= 0.3 is 29.8 Å². The van der Waals surface area contributed by atoms with Gasteiger partial charge in [-0.15, -0.1) is 22.7 Å². The lowest BCUT2D eigenvalue weighted by atomic mass is 9.88. The molecule has 133 heavy (non-hydrogen) atoms. The molecule has 18 rings (SSSR count). The molecular weight excluding hydrogens is 1850 g/mol. The Hall–Kier alpha value is -12.9. The third-order valence-electron chi connectivity index (χ3n) is 22.2. The normalized spacial score (nSPS) is 14.9. The van der Waals surface area contributed by atoms with Crippen LogP contribution in [0.2, 0.25) is 0 Å². The molecule has 0 amide bonds. The number of thiophene rings is 2. The predicted octanol–water partition coefficient (Wildman–Crippen LogP) is 17.9. The largest absolute Gasteiger partial charge is 0.497 e. The number of anilines is 2. The number of ether oxygens (including phenoxy) is 6. The first-order valence-corrected chi connectivity index (χ1v) is 46.1. The molecule has 12 aromatic rings. The Kier molecular flexibility index (Phi) is 35.3. The second-order valence-electron chi connectivity index (χ2n) is 31.8. The van der Waals surface area contributed by atoms with Gasteiger partial charge in [0.1, 0.15) is 45.0 Å². The predicted molar refractivity (Wildman–Crippen MR) is 498 cm³/mol. The number of imidazole rings is 2. The number of fused-ring (bicyclic) bond motifs is 2. The molecule has 5 aliphatic carbocycles. The maximum atomic E-state index is 15.1. The number of nitrogens with two attached hydrogens (primary N) is 2. The van der Waals surface area contributed by atoms with Crippen LogP contribution in [0.4, 0.5) is 20.2 Å². The number of hydrogen-bond donors (Lipinski definition) is 7. The van der Waals surface area contributed by atoms with Crippen molar-refractivity contribution in [2.45, 2.75) is 110 Å². The number of aliphatic carboxylic acids is 5. The lowest BCUT2D eigenvalue weighted by Gasteiger charge is -2.14. The molecule has 0 bridgehead atoms. The van der Waals surface area contributed by atoms with E-state index < -0.39 is 83.0 Å². The monoisotopic (exact) mass is 1940 g/mol. The molecular formula is C95H95Cl3F2N8O22S3. The van der Waals surface area contributed by atoms with Crippen LogP contribution in [0.3, 0.4) is 0 Å². The summed E-state index contributed by atoms with van der Waals surface area (Å²) in [5.74, 6) is -3.87. The lowest BCUT2D eigenvalue weighted by Crippen LogP contribution is -2.28. The SMILES string of the molecule is C1CCOC1.COc1ccc(CC(=O)C2(C(=O)Cc3ccc(Oc4ccnc5cc(-c6cn(C)cn6)sc45)c(F)c3)CC2)cc1.COc1ccc(CC(=O)C2(C(=O)O)CC2)cc1.COc1ccc(CC(=O)C2(C(=O)O)CC2)cc1.Cc1ccc(N)cc1.Cn1cnc(-c2cc3nccc(Oc4ccc(N)cc4F)c3s2)c1.O=C(O)C1(C(=O)Cl)CC1.O=C(O)C1(C(=O)O)CC1.O=S(Cl)Cl. The summed E-state index contributed by atoms with van der Waals surface area (Å²) in [4.78, 5) is 132. The van der Waals surface area contributed by atoms with E-state index >= 15 is 4.39 Å². The third kappa shape index (κ3) is 27.6. The van der Waals surface area contributed by atoms with Gasteiger partial charge in [-0.05, 0) is 203 Å². The van der Waals surface area contributed by atoms with Crippen molar-refractivity contribution in [2.24, 2.45) is 41.2 Å². The average Bonchev–Trinajstić information content (AvgIpc) is 1.61. The number of methoxy groups -OCH3 is 3. The van der Waals surface area contributed by atoms with Crippen molar-refractivity contribution in [3.05, 3.63) is 235 Å². The Balaban J connectivity index is 0.000000170. The molecule has 6 aromatic carbocycles. The van der Waals surface area contributed by atoms with Crippen LogP contribution in [-0.2, 0) is 102 Å². The Morgan fingerprint density at radius 3 is 1.03 bits per heavy atom. The molecule has 0 unspecified atom stereocenters. The zero-order chi connectivity index (χ0) is 96.7. The number of aromatic nitrogens is 6. The number of aryl methyl sites for hydroxylation is 3. The molecule has 1 saturated heterocycles. The highest BCUT2D eigenvalue weighted by atomic mass is 36.0. The number of carboxylic acids is 5. The first kappa shape index (κ1) is 102. The number of carboxylic acid groups (broad SMARTS) is 5. The first-order valence-electron chi connectivity index (χ1n) is 41.3. The van der Waals surface area contributed by atoms with Crippen LogP contribution < -0.4 is 35.2 Å². The van der Waals surface area contributed by atoms with Crippen molar-refractivity contribution in [2.75, 3.05) is 46.0 Å². The van der Waals surface area contributed by atoms with Gasteiger partial charge in [-0.2, -0.15) is 0 Å². The summed E-state index contributed by atoms with van der Waals surface area (Å²) in [6.45, 7) is 4.04. The minimum atomic E-state index is -1.67. The van der Waals surface area contributed by atoms with Crippen LogP contribution in [-0.4, -0.2) is 152 Å². The van der Waals surface area contributed by atoms with E-state index in [9.17, 15) is 52.3 Å². The Morgan fingerprint density at radius 1 is 0.436 bits per heavy atom. The van der Waals surface area contributed by atoms with Crippen molar-refractivity contribution in [3.63, 3.8) is 0 Å². The van der Waals surface area contributed by atoms with Gasteiger partial charge < -0.3 is 74.6 Å². The zero-order valence-corrected chi connectivity index (χ0v) is 77.5. The zero-order valence-electron chi connectivity index (χ0n) is 72.8. The Bertz CT molecular complexity index is 6020. The molecule has 30 nitrogen and oxygen atoms in total. The summed E-state index contributed by atoms with van der Waals surface area (Å²) in [7, 11) is 15.9. The molecule has 0 atom stereocenters. The van der Waals surface area contributed by atoms with Gasteiger partial charge in [0, 0.05) is 129 Å². The lowest BCUT2D eigenvalue weighted by molar-refractivity contribution is -0.157. The molecule has 700 valence electrons. The van der Waals surface area contributed by atoms with Crippen LogP contribution in [0.25, 0.3) is 41.6 Å². The number of nitrogen functional groups attached to an aromatic ring is 2. The molecule has 6 fully saturated rings. The second-order valence-corrected chi connectivity index (χ2v) is 36.8. The second kappa shape index (κ2) is 46.0. The van der Waals surface area contributed by atoms with Crippen molar-refractivity contribution >= 4 is 155 Å². The van der Waals surface area contributed by atoms with E-state index in [1.54, 1.807) is 131 Å². The molecule has 7 heterocycles. The number of benzene rings is 6. The Labute approximate surface area is 786 Å². The van der Waals surface area contributed by atoms with Crippen LogP contribution >= 0.6 is 55.6 Å². The highest BCUT2D eigenvalue weighted by Gasteiger charge is 2.59. The van der Waals surface area contributed by atoms with Gasteiger partial charge in [-0.1, -0.05) is 60.2 Å². The van der Waals surface area contributed by atoms with Gasteiger partial charge in [0.2, 0.25) is 14.5 Å². The minimum absolute atomic E-state index is 0.0105. The standard InChI is InChI=1S/C31H26FN3O4S.C17H13FN4OS.2C13H14O4.C7H9N.C5H5ClO3.C5H6O4.C4H8O.Cl2OS/c1-35-17-24(34-18-35)27-16-23-30(40-27)26(9-12-33-23)39-25-8-5-20(13-22(25)32)15-29(37)31(10-11-31)28(36)14-19-3-6-21(38-2)7-4-19;1-22-8-13(21-9-22)16-7-12-17(24-16)15(4-5-20-12)23-14-3-2-10(19)6-11(14)18;2*1-17-10-4-2-9(3-5-10)8-11(14)13(6-7-13)12(15)16;1-6-2-4-7(8)5-3-6;2*6-3(7)5(1-2-5)4(8)9;1-2-4-5-3-1;1-4(2)3/h3-9,12-13,16-18H,10-11,14-15H2,1-2H3;2-9H,19H2,1H3;2*2-5H,6-8H2,1H3,(H,15,16);2-5H,8H2,1H3;1-2H2,(H,8,9);1-2H2,(H,6,7)(H,8,9);1-4H2;. The molecule has 6 aliphatic rings. The molecule has 9 N–H and O–H groups in total. The first-order chi connectivity index (χ1) is 63.3. The number of ketones is 4. The average molecular weight is 1940 g/mol. The van der Waals surface area contributed by atoms with Gasteiger partial charge in [-0.3, -0.25) is 57.9 Å². The van der Waals surface area contributed by atoms with Crippen LogP contribution in [0.1, 0.15) is 105 Å². The summed E-state index contributed by atoms with van der Waals surface area (Å²) in [5.41, 5.74) is 13.8. The van der Waals surface area contributed by atoms with Crippen LogP contribution in [0.15, 0.2) is 195 Å². The number of Topliss-reactive ketones (excluding diaryl/α,β-unsaturated/α-hetero) is 4. The summed E-state index contributed by atoms with van der Waals surface area (Å²) in [6.07, 6.45) is 18.0. The van der Waals surface area contributed by atoms with Crippen molar-refractivity contribution in [1.82, 2.24) is 29.1 Å². The molecule has 0 radical (unpaired) electrons. The highest BCUT2D eigenvalue weighted by molar-refractivity contribution is 8.26. The van der Waals surface area contributed by atoms with Crippen LogP contribution in [0, 0.1) is 45.6 Å². The van der Waals surface area contributed by atoms with E-state index in [4.69, 9.17) is 81.2 Å². The van der Waals surface area contributed by atoms with E-state index in [2.05, 4.69) is 41.3 Å². The molecule has 1 aliphatic heterocycles. The third-order valence-corrected chi connectivity index (χ3v) is 24.9. The highest BCUT2D eigenvalue weighted by Crippen LogP contribution is 2.52. The number of rotatable bonds is 27. The van der Waals surface area contributed by atoms with Gasteiger partial charge in [0.15, 0.2) is 51.7 Å². The minimum Gasteiger partial charge on any atom is -0.497 e. The molecule has 0 spiro atoms. The number of hydrogen-bond acceptors (Lipinski definition) is 25. The fourth-order valence-electron chi connectivity index (χ4n) is 13.2. The maximum Gasteiger partial charge on any atom is 0.321 e.